The molecule has 0 saturated heterocycles. The van der Waals surface area contributed by atoms with Crippen LogP contribution in [-0.4, -0.2) is 25.7 Å². The molecule has 1 amide bonds. The number of fused-ring (bicyclic) bond motifs is 1. The average Bonchev–Trinajstić information content (AvgIpc) is 3.09. The topological polar surface area (TPSA) is 81.9 Å². The highest BCUT2D eigenvalue weighted by atomic mass is 16.5. The highest BCUT2D eigenvalue weighted by Crippen LogP contribution is 2.26. The molecule has 134 valence electrons. The smallest absolute Gasteiger partial charge is 0.251 e. The molecule has 0 spiro atoms. The molecule has 4 aromatic rings. The highest BCUT2D eigenvalue weighted by molar-refractivity contribution is 5.94. The molecular weight excluding hydrogens is 342 g/mol. The van der Waals surface area contributed by atoms with Gasteiger partial charge in [-0.15, -0.1) is 0 Å². The Bertz CT molecular complexity index is 1090. The molecule has 2 heterocycles. The minimum absolute atomic E-state index is 0.168. The normalized spacial score (nSPS) is 10.7. The molecule has 4 rings (SSSR count). The Hall–Kier alpha value is -3.74. The van der Waals surface area contributed by atoms with Crippen molar-refractivity contribution in [2.75, 3.05) is 0 Å². The Labute approximate surface area is 155 Å². The van der Waals surface area contributed by atoms with Gasteiger partial charge in [-0.3, -0.25) is 9.48 Å². The van der Waals surface area contributed by atoms with Gasteiger partial charge in [-0.25, -0.2) is 9.97 Å². The molecule has 0 fully saturated rings. The predicted molar refractivity (Wildman–Crippen MR) is 100 cm³/mol. The van der Waals surface area contributed by atoms with Crippen LogP contribution in [0.3, 0.4) is 0 Å². The van der Waals surface area contributed by atoms with E-state index in [1.165, 1.54) is 6.33 Å². The Balaban J connectivity index is 1.51. The molecular formula is C20H17N5O2. The summed E-state index contributed by atoms with van der Waals surface area (Å²) in [5.74, 6) is 0.750. The molecule has 0 radical (unpaired) electrons. The number of aryl methyl sites for hydroxylation is 1. The van der Waals surface area contributed by atoms with Crippen molar-refractivity contribution in [2.24, 2.45) is 7.05 Å². The van der Waals surface area contributed by atoms with Crippen molar-refractivity contribution in [3.05, 3.63) is 78.2 Å². The van der Waals surface area contributed by atoms with Crippen molar-refractivity contribution < 1.29 is 9.53 Å². The summed E-state index contributed by atoms with van der Waals surface area (Å²) in [4.78, 5) is 20.8. The van der Waals surface area contributed by atoms with E-state index in [-0.39, 0.29) is 5.91 Å². The number of nitrogens with zero attached hydrogens (tertiary/aromatic N) is 4. The van der Waals surface area contributed by atoms with Crippen molar-refractivity contribution >= 4 is 16.9 Å². The number of aromatic nitrogens is 4. The molecule has 0 aliphatic carbocycles. The minimum Gasteiger partial charge on any atom is -0.438 e. The van der Waals surface area contributed by atoms with Gasteiger partial charge < -0.3 is 10.1 Å². The number of hydrogen-bond acceptors (Lipinski definition) is 5. The number of carbonyl (C=O) groups is 1. The first-order valence-corrected chi connectivity index (χ1v) is 8.43. The van der Waals surface area contributed by atoms with Crippen LogP contribution in [-0.2, 0) is 13.6 Å². The fourth-order valence-corrected chi connectivity index (χ4v) is 2.71. The summed E-state index contributed by atoms with van der Waals surface area (Å²) in [6.07, 6.45) is 3.08. The van der Waals surface area contributed by atoms with E-state index in [0.717, 1.165) is 5.56 Å². The number of ether oxygens (including phenoxy) is 1. The van der Waals surface area contributed by atoms with Gasteiger partial charge >= 0.3 is 0 Å². The molecule has 1 N–H and O–H groups in total. The second-order valence-corrected chi connectivity index (χ2v) is 5.98. The Kier molecular flexibility index (Phi) is 4.49. The van der Waals surface area contributed by atoms with Crippen LogP contribution in [0.25, 0.3) is 11.0 Å². The minimum atomic E-state index is -0.168. The number of hydrogen-bond donors (Lipinski definition) is 1. The quantitative estimate of drug-likeness (QED) is 0.592. The van der Waals surface area contributed by atoms with E-state index in [1.807, 2.05) is 30.3 Å². The summed E-state index contributed by atoms with van der Waals surface area (Å²) >= 11 is 0. The van der Waals surface area contributed by atoms with Gasteiger partial charge in [0.2, 0.25) is 5.88 Å². The van der Waals surface area contributed by atoms with Gasteiger partial charge in [0.05, 0.1) is 6.20 Å². The van der Waals surface area contributed by atoms with Crippen molar-refractivity contribution in [3.8, 4) is 11.6 Å². The van der Waals surface area contributed by atoms with E-state index in [1.54, 1.807) is 42.2 Å². The number of carbonyl (C=O) groups excluding carboxylic acids is 1. The third kappa shape index (κ3) is 3.62. The molecule has 2 aromatic heterocycles. The molecule has 0 aliphatic rings. The largest absolute Gasteiger partial charge is 0.438 e. The van der Waals surface area contributed by atoms with Crippen LogP contribution < -0.4 is 10.1 Å². The SMILES string of the molecule is Cn1ncc2c(Oc3cccc(C(=O)NCc4ccccc4)c3)ncnc21. The van der Waals surface area contributed by atoms with Crippen LogP contribution in [0, 0.1) is 0 Å². The number of amides is 1. The lowest BCUT2D eigenvalue weighted by Crippen LogP contribution is -2.22. The lowest BCUT2D eigenvalue weighted by Gasteiger charge is -2.08. The van der Waals surface area contributed by atoms with Crippen LogP contribution in [0.5, 0.6) is 11.6 Å². The van der Waals surface area contributed by atoms with Crippen molar-refractivity contribution in [3.63, 3.8) is 0 Å². The third-order valence-electron chi connectivity index (χ3n) is 4.10. The van der Waals surface area contributed by atoms with Crippen molar-refractivity contribution in [2.45, 2.75) is 6.54 Å². The highest BCUT2D eigenvalue weighted by Gasteiger charge is 2.11. The van der Waals surface area contributed by atoms with E-state index in [9.17, 15) is 4.79 Å². The number of rotatable bonds is 5. The molecule has 0 saturated carbocycles. The second-order valence-electron chi connectivity index (χ2n) is 5.98. The summed E-state index contributed by atoms with van der Waals surface area (Å²) in [5, 5.41) is 7.78. The first-order valence-electron chi connectivity index (χ1n) is 8.43. The first kappa shape index (κ1) is 16.7. The molecule has 27 heavy (non-hydrogen) atoms. The Morgan fingerprint density at radius 2 is 1.96 bits per heavy atom. The van der Waals surface area contributed by atoms with Gasteiger partial charge in [0, 0.05) is 19.2 Å². The van der Waals surface area contributed by atoms with E-state index in [0.29, 0.717) is 34.8 Å². The van der Waals surface area contributed by atoms with E-state index >= 15 is 0 Å². The third-order valence-corrected chi connectivity index (χ3v) is 4.10. The lowest BCUT2D eigenvalue weighted by molar-refractivity contribution is 0.0950. The molecule has 2 aromatic carbocycles. The summed E-state index contributed by atoms with van der Waals surface area (Å²) in [7, 11) is 1.80. The molecule has 7 heteroatoms. The number of nitrogens with one attached hydrogen (secondary N) is 1. The van der Waals surface area contributed by atoms with E-state index in [2.05, 4.69) is 20.4 Å². The van der Waals surface area contributed by atoms with Gasteiger partial charge in [0.25, 0.3) is 5.91 Å². The predicted octanol–water partition coefficient (Wildman–Crippen LogP) is 3.09. The Morgan fingerprint density at radius 3 is 2.81 bits per heavy atom. The molecule has 0 aliphatic heterocycles. The van der Waals surface area contributed by atoms with E-state index < -0.39 is 0 Å². The maximum atomic E-state index is 12.4. The van der Waals surface area contributed by atoms with Gasteiger partial charge in [-0.05, 0) is 23.8 Å². The summed E-state index contributed by atoms with van der Waals surface area (Å²) in [6, 6.07) is 16.7. The van der Waals surface area contributed by atoms with Crippen LogP contribution in [0.1, 0.15) is 15.9 Å². The molecule has 7 nitrogen and oxygen atoms in total. The summed E-state index contributed by atoms with van der Waals surface area (Å²) in [6.45, 7) is 0.465. The summed E-state index contributed by atoms with van der Waals surface area (Å²) < 4.78 is 7.52. The van der Waals surface area contributed by atoms with E-state index in [4.69, 9.17) is 4.74 Å². The van der Waals surface area contributed by atoms with Gasteiger partial charge in [-0.1, -0.05) is 36.4 Å². The zero-order valence-electron chi connectivity index (χ0n) is 14.7. The standard InChI is InChI=1S/C20H17N5O2/c1-25-18-17(12-24-25)20(23-13-22-18)27-16-9-5-8-15(10-16)19(26)21-11-14-6-3-2-4-7-14/h2-10,12-13H,11H2,1H3,(H,21,26). The fourth-order valence-electron chi connectivity index (χ4n) is 2.71. The maximum absolute atomic E-state index is 12.4. The van der Waals surface area contributed by atoms with Gasteiger partial charge in [0.15, 0.2) is 5.65 Å². The van der Waals surface area contributed by atoms with Crippen LogP contribution in [0.2, 0.25) is 0 Å². The van der Waals surface area contributed by atoms with Crippen molar-refractivity contribution in [1.29, 1.82) is 0 Å². The van der Waals surface area contributed by atoms with Crippen LogP contribution in [0.4, 0.5) is 0 Å². The average molecular weight is 359 g/mol. The van der Waals surface area contributed by atoms with Crippen LogP contribution in [0.15, 0.2) is 67.1 Å². The van der Waals surface area contributed by atoms with Gasteiger partial charge in [-0.2, -0.15) is 5.10 Å². The lowest BCUT2D eigenvalue weighted by atomic mass is 10.2. The van der Waals surface area contributed by atoms with Crippen molar-refractivity contribution in [1.82, 2.24) is 25.1 Å². The monoisotopic (exact) mass is 359 g/mol. The van der Waals surface area contributed by atoms with Gasteiger partial charge in [0.1, 0.15) is 17.5 Å². The zero-order valence-corrected chi connectivity index (χ0v) is 14.7. The van der Waals surface area contributed by atoms with Crippen LogP contribution >= 0.6 is 0 Å². The molecule has 0 bridgehead atoms. The second kappa shape index (κ2) is 7.25. The molecule has 0 atom stereocenters. The number of benzene rings is 2. The zero-order chi connectivity index (χ0) is 18.6. The first-order chi connectivity index (χ1) is 13.2. The summed E-state index contributed by atoms with van der Waals surface area (Å²) in [5.41, 5.74) is 2.23. The Morgan fingerprint density at radius 1 is 1.11 bits per heavy atom. The fraction of sp³-hybridized carbons (Fsp3) is 0.100. The maximum Gasteiger partial charge on any atom is 0.251 e. The molecule has 0 unspecified atom stereocenters.